The summed E-state index contributed by atoms with van der Waals surface area (Å²) in [5.41, 5.74) is 1.59. The summed E-state index contributed by atoms with van der Waals surface area (Å²) in [5, 5.41) is 3.40. The van der Waals surface area contributed by atoms with Gasteiger partial charge >= 0.3 is 5.97 Å². The average molecular weight is 305 g/mol. The number of anilines is 1. The topological polar surface area (TPSA) is 38.3 Å². The van der Waals surface area contributed by atoms with Crippen molar-refractivity contribution >= 4 is 11.7 Å². The lowest BCUT2D eigenvalue weighted by Crippen LogP contribution is -2.09. The normalized spacial score (nSPS) is 12.2. The van der Waals surface area contributed by atoms with E-state index in [1.165, 1.54) is 19.3 Å². The summed E-state index contributed by atoms with van der Waals surface area (Å²) in [6, 6.07) is 7.53. The Morgan fingerprint density at radius 2 is 1.95 bits per heavy atom. The lowest BCUT2D eigenvalue weighted by Gasteiger charge is -2.14. The van der Waals surface area contributed by atoms with E-state index >= 15 is 0 Å². The number of hydrogen-bond acceptors (Lipinski definition) is 3. The molecule has 0 radical (unpaired) electrons. The molecule has 1 N–H and O–H groups in total. The summed E-state index contributed by atoms with van der Waals surface area (Å²) < 4.78 is 5.02. The second-order valence-corrected chi connectivity index (χ2v) is 6.45. The summed E-state index contributed by atoms with van der Waals surface area (Å²) >= 11 is 0. The van der Waals surface area contributed by atoms with Gasteiger partial charge in [0.25, 0.3) is 0 Å². The van der Waals surface area contributed by atoms with Gasteiger partial charge in [-0.05, 0) is 43.4 Å². The average Bonchev–Trinajstić information content (AvgIpc) is 2.47. The zero-order valence-electron chi connectivity index (χ0n) is 14.5. The van der Waals surface area contributed by atoms with Crippen LogP contribution in [0.1, 0.15) is 63.7 Å². The molecule has 0 heterocycles. The molecule has 0 spiro atoms. The number of carbonyl (C=O) groups excluding carboxylic acids is 1. The van der Waals surface area contributed by atoms with Gasteiger partial charge in [-0.1, -0.05) is 46.1 Å². The van der Waals surface area contributed by atoms with Gasteiger partial charge < -0.3 is 10.1 Å². The quantitative estimate of drug-likeness (QED) is 0.609. The molecule has 1 aromatic carbocycles. The highest BCUT2D eigenvalue weighted by molar-refractivity contribution is 5.90. The first-order chi connectivity index (χ1) is 10.5. The highest BCUT2D eigenvalue weighted by atomic mass is 16.5. The largest absolute Gasteiger partial charge is 0.462 e. The number of hydrogen-bond donors (Lipinski definition) is 1. The molecule has 0 aromatic heterocycles. The van der Waals surface area contributed by atoms with Gasteiger partial charge in [-0.3, -0.25) is 0 Å². The molecule has 1 atom stereocenters. The highest BCUT2D eigenvalue weighted by Crippen LogP contribution is 2.16. The molecule has 0 aliphatic carbocycles. The smallest absolute Gasteiger partial charge is 0.338 e. The molecule has 1 aromatic rings. The van der Waals surface area contributed by atoms with Crippen LogP contribution in [0.25, 0.3) is 0 Å². The van der Waals surface area contributed by atoms with Gasteiger partial charge in [0, 0.05) is 12.2 Å². The maximum Gasteiger partial charge on any atom is 0.338 e. The summed E-state index contributed by atoms with van der Waals surface area (Å²) in [6.45, 7) is 10.0. The number of carbonyl (C=O) groups is 1. The van der Waals surface area contributed by atoms with E-state index in [4.69, 9.17) is 4.74 Å². The van der Waals surface area contributed by atoms with Crippen LogP contribution in [0.15, 0.2) is 24.3 Å². The molecule has 1 rings (SSSR count). The van der Waals surface area contributed by atoms with Crippen molar-refractivity contribution in [2.45, 2.75) is 53.4 Å². The molecular weight excluding hydrogens is 274 g/mol. The highest BCUT2D eigenvalue weighted by Gasteiger charge is 2.07. The van der Waals surface area contributed by atoms with Crippen molar-refractivity contribution < 1.29 is 9.53 Å². The lowest BCUT2D eigenvalue weighted by molar-refractivity contribution is 0.0526. The predicted molar refractivity (Wildman–Crippen MR) is 93.4 cm³/mol. The number of esters is 1. The minimum Gasteiger partial charge on any atom is -0.462 e. The fourth-order valence-electron chi connectivity index (χ4n) is 2.45. The van der Waals surface area contributed by atoms with E-state index in [0.717, 1.165) is 30.5 Å². The lowest BCUT2D eigenvalue weighted by atomic mass is 9.97. The summed E-state index contributed by atoms with van der Waals surface area (Å²) in [5.74, 6) is 1.28. The van der Waals surface area contributed by atoms with E-state index in [9.17, 15) is 4.79 Å². The first-order valence-electron chi connectivity index (χ1n) is 8.54. The Morgan fingerprint density at radius 3 is 2.64 bits per heavy atom. The van der Waals surface area contributed by atoms with E-state index in [2.05, 4.69) is 26.1 Å². The molecule has 0 unspecified atom stereocenters. The Kier molecular flexibility index (Phi) is 8.64. The predicted octanol–water partition coefficient (Wildman–Crippen LogP) is 5.13. The summed E-state index contributed by atoms with van der Waals surface area (Å²) in [7, 11) is 0. The van der Waals surface area contributed by atoms with Gasteiger partial charge in [-0.15, -0.1) is 0 Å². The van der Waals surface area contributed by atoms with Gasteiger partial charge in [0.05, 0.1) is 12.2 Å². The SMILES string of the molecule is CCOC(=O)c1cccc(NCC[C@H](C)CCCC(C)C)c1. The summed E-state index contributed by atoms with van der Waals surface area (Å²) in [4.78, 5) is 11.7. The molecule has 0 aliphatic rings. The second kappa shape index (κ2) is 10.3. The standard InChI is InChI=1S/C19H31NO2/c1-5-22-19(21)17-10-7-11-18(14-17)20-13-12-16(4)9-6-8-15(2)3/h7,10-11,14-16,20H,5-6,8-9,12-13H2,1-4H3/t16-/m1/s1. The Hall–Kier alpha value is -1.51. The minimum absolute atomic E-state index is 0.256. The molecule has 0 amide bonds. The third-order valence-electron chi connectivity index (χ3n) is 3.82. The van der Waals surface area contributed by atoms with Crippen molar-refractivity contribution in [2.24, 2.45) is 11.8 Å². The van der Waals surface area contributed by atoms with E-state index in [-0.39, 0.29) is 5.97 Å². The number of rotatable bonds is 10. The van der Waals surface area contributed by atoms with Crippen LogP contribution in [-0.4, -0.2) is 19.1 Å². The molecule has 3 nitrogen and oxygen atoms in total. The third kappa shape index (κ3) is 7.48. The Bertz CT molecular complexity index is 443. The number of benzene rings is 1. The van der Waals surface area contributed by atoms with E-state index in [0.29, 0.717) is 12.2 Å². The molecule has 22 heavy (non-hydrogen) atoms. The van der Waals surface area contributed by atoms with E-state index in [1.807, 2.05) is 25.1 Å². The summed E-state index contributed by atoms with van der Waals surface area (Å²) in [6.07, 6.45) is 5.08. The van der Waals surface area contributed by atoms with Crippen LogP contribution in [0.5, 0.6) is 0 Å². The van der Waals surface area contributed by atoms with Crippen molar-refractivity contribution in [1.29, 1.82) is 0 Å². The van der Waals surface area contributed by atoms with E-state index in [1.54, 1.807) is 6.07 Å². The molecule has 0 aliphatic heterocycles. The maximum atomic E-state index is 11.7. The minimum atomic E-state index is -0.256. The van der Waals surface area contributed by atoms with Crippen molar-refractivity contribution in [3.63, 3.8) is 0 Å². The molecule has 0 fully saturated rings. The number of nitrogens with one attached hydrogen (secondary N) is 1. The van der Waals surface area contributed by atoms with Crippen molar-refractivity contribution in [2.75, 3.05) is 18.5 Å². The zero-order valence-corrected chi connectivity index (χ0v) is 14.5. The van der Waals surface area contributed by atoms with Gasteiger partial charge in [0.2, 0.25) is 0 Å². The molecule has 0 saturated heterocycles. The fourth-order valence-corrected chi connectivity index (χ4v) is 2.45. The first-order valence-corrected chi connectivity index (χ1v) is 8.54. The van der Waals surface area contributed by atoms with Gasteiger partial charge in [0.1, 0.15) is 0 Å². The molecular formula is C19H31NO2. The first kappa shape index (κ1) is 18.5. The fraction of sp³-hybridized carbons (Fsp3) is 0.632. The molecule has 124 valence electrons. The van der Waals surface area contributed by atoms with Crippen molar-refractivity contribution in [3.05, 3.63) is 29.8 Å². The monoisotopic (exact) mass is 305 g/mol. The Labute approximate surface area is 135 Å². The van der Waals surface area contributed by atoms with E-state index < -0.39 is 0 Å². The van der Waals surface area contributed by atoms with Crippen LogP contribution in [0.2, 0.25) is 0 Å². The zero-order chi connectivity index (χ0) is 16.4. The maximum absolute atomic E-state index is 11.7. The molecule has 0 saturated carbocycles. The van der Waals surface area contributed by atoms with Crippen LogP contribution in [0.4, 0.5) is 5.69 Å². The van der Waals surface area contributed by atoms with Crippen molar-refractivity contribution in [3.8, 4) is 0 Å². The Morgan fingerprint density at radius 1 is 1.18 bits per heavy atom. The van der Waals surface area contributed by atoms with Crippen LogP contribution in [0, 0.1) is 11.8 Å². The second-order valence-electron chi connectivity index (χ2n) is 6.45. The Balaban J connectivity index is 2.32. The van der Waals surface area contributed by atoms with Gasteiger partial charge in [-0.25, -0.2) is 4.79 Å². The van der Waals surface area contributed by atoms with Crippen LogP contribution in [-0.2, 0) is 4.74 Å². The third-order valence-corrected chi connectivity index (χ3v) is 3.82. The van der Waals surface area contributed by atoms with Gasteiger partial charge in [-0.2, -0.15) is 0 Å². The molecule has 3 heteroatoms. The van der Waals surface area contributed by atoms with Crippen LogP contribution >= 0.6 is 0 Å². The van der Waals surface area contributed by atoms with Crippen LogP contribution < -0.4 is 5.32 Å². The molecule has 0 bridgehead atoms. The van der Waals surface area contributed by atoms with Gasteiger partial charge in [0.15, 0.2) is 0 Å². The van der Waals surface area contributed by atoms with Crippen molar-refractivity contribution in [1.82, 2.24) is 0 Å². The number of ether oxygens (including phenoxy) is 1. The van der Waals surface area contributed by atoms with Crippen LogP contribution in [0.3, 0.4) is 0 Å².